The first kappa shape index (κ1) is 14.5. The molecule has 110 valence electrons. The van der Waals surface area contributed by atoms with Crippen LogP contribution in [0, 0.1) is 0 Å². The molecular weight excluding hydrogens is 326 g/mol. The van der Waals surface area contributed by atoms with Crippen LogP contribution in [0.15, 0.2) is 34.8 Å². The third-order valence-electron chi connectivity index (χ3n) is 4.07. The minimum Gasteiger partial charge on any atom is -0.373 e. The Morgan fingerprint density at radius 1 is 1.19 bits per heavy atom. The van der Waals surface area contributed by atoms with Gasteiger partial charge in [-0.1, -0.05) is 40.9 Å². The highest BCUT2D eigenvalue weighted by Gasteiger charge is 2.19. The lowest BCUT2D eigenvalue weighted by atomic mass is 10.0. The number of nitrogens with one attached hydrogen (secondary N) is 1. The molecule has 1 aromatic heterocycles. The van der Waals surface area contributed by atoms with E-state index in [1.165, 1.54) is 36.9 Å². The van der Waals surface area contributed by atoms with E-state index in [1.54, 1.807) is 0 Å². The lowest BCUT2D eigenvalue weighted by molar-refractivity contribution is 0.686. The van der Waals surface area contributed by atoms with Gasteiger partial charge in [-0.05, 0) is 30.5 Å². The third-order valence-corrected chi connectivity index (χ3v) is 4.57. The first-order valence-corrected chi connectivity index (χ1v) is 8.34. The molecule has 4 heteroatoms. The standard InChI is InChI=1S/C17H20BrN3/c1-19-16-11-15(13-6-2-3-7-13)20-17(21-16)10-12-5-4-8-14(18)9-12/h4-5,8-9,11,13H,2-3,6-7,10H2,1H3,(H,19,20,21). The zero-order valence-electron chi connectivity index (χ0n) is 12.3. The summed E-state index contributed by atoms with van der Waals surface area (Å²) >= 11 is 3.52. The average molecular weight is 346 g/mol. The molecule has 0 atom stereocenters. The van der Waals surface area contributed by atoms with Crippen LogP contribution in [0.1, 0.15) is 48.7 Å². The quantitative estimate of drug-likeness (QED) is 0.884. The molecule has 1 N–H and O–H groups in total. The second-order valence-corrected chi connectivity index (χ2v) is 6.55. The van der Waals surface area contributed by atoms with Crippen LogP contribution in [0.2, 0.25) is 0 Å². The normalized spacial score (nSPS) is 15.3. The van der Waals surface area contributed by atoms with E-state index < -0.39 is 0 Å². The van der Waals surface area contributed by atoms with E-state index in [2.05, 4.69) is 50.5 Å². The first-order chi connectivity index (χ1) is 10.2. The van der Waals surface area contributed by atoms with Gasteiger partial charge in [0.25, 0.3) is 0 Å². The minimum absolute atomic E-state index is 0.612. The predicted molar refractivity (Wildman–Crippen MR) is 89.7 cm³/mol. The van der Waals surface area contributed by atoms with E-state index in [0.717, 1.165) is 22.5 Å². The molecule has 0 amide bonds. The smallest absolute Gasteiger partial charge is 0.135 e. The molecule has 1 fully saturated rings. The van der Waals surface area contributed by atoms with E-state index >= 15 is 0 Å². The maximum absolute atomic E-state index is 4.82. The van der Waals surface area contributed by atoms with E-state index in [0.29, 0.717) is 5.92 Å². The summed E-state index contributed by atoms with van der Waals surface area (Å²) < 4.78 is 1.10. The largest absolute Gasteiger partial charge is 0.373 e. The molecule has 0 radical (unpaired) electrons. The van der Waals surface area contributed by atoms with Crippen LogP contribution < -0.4 is 5.32 Å². The van der Waals surface area contributed by atoms with Crippen molar-refractivity contribution in [2.45, 2.75) is 38.0 Å². The lowest BCUT2D eigenvalue weighted by Gasteiger charge is -2.12. The molecule has 2 aromatic rings. The summed E-state index contributed by atoms with van der Waals surface area (Å²) in [5.41, 5.74) is 2.44. The van der Waals surface area contributed by atoms with Gasteiger partial charge in [0.1, 0.15) is 11.6 Å². The number of aromatic nitrogens is 2. The van der Waals surface area contributed by atoms with Gasteiger partial charge in [0.15, 0.2) is 0 Å². The van der Waals surface area contributed by atoms with Crippen molar-refractivity contribution in [1.82, 2.24) is 9.97 Å². The molecule has 1 aromatic carbocycles. The fourth-order valence-electron chi connectivity index (χ4n) is 2.99. The summed E-state index contributed by atoms with van der Waals surface area (Å²) in [6, 6.07) is 10.5. The summed E-state index contributed by atoms with van der Waals surface area (Å²) in [6.07, 6.45) is 5.94. The maximum atomic E-state index is 4.82. The Balaban J connectivity index is 1.88. The Labute approximate surface area is 134 Å². The average Bonchev–Trinajstić information content (AvgIpc) is 3.01. The first-order valence-electron chi connectivity index (χ1n) is 7.54. The molecule has 3 rings (SSSR count). The van der Waals surface area contributed by atoms with Crippen molar-refractivity contribution < 1.29 is 0 Å². The molecule has 0 bridgehead atoms. The van der Waals surface area contributed by atoms with Crippen molar-refractivity contribution in [3.8, 4) is 0 Å². The molecule has 1 aliphatic rings. The van der Waals surface area contributed by atoms with Crippen molar-refractivity contribution in [3.05, 3.63) is 51.9 Å². The molecule has 0 aliphatic heterocycles. The summed E-state index contributed by atoms with van der Waals surface area (Å²) in [4.78, 5) is 9.43. The molecule has 0 unspecified atom stereocenters. The van der Waals surface area contributed by atoms with Crippen molar-refractivity contribution in [3.63, 3.8) is 0 Å². The van der Waals surface area contributed by atoms with Crippen molar-refractivity contribution >= 4 is 21.7 Å². The highest BCUT2D eigenvalue weighted by molar-refractivity contribution is 9.10. The fraction of sp³-hybridized carbons (Fsp3) is 0.412. The number of hydrogen-bond acceptors (Lipinski definition) is 3. The topological polar surface area (TPSA) is 37.8 Å². The van der Waals surface area contributed by atoms with Gasteiger partial charge in [-0.15, -0.1) is 0 Å². The second-order valence-electron chi connectivity index (χ2n) is 5.63. The van der Waals surface area contributed by atoms with Gasteiger partial charge in [-0.3, -0.25) is 0 Å². The van der Waals surface area contributed by atoms with Gasteiger partial charge < -0.3 is 5.32 Å². The third kappa shape index (κ3) is 3.62. The van der Waals surface area contributed by atoms with Gasteiger partial charge >= 0.3 is 0 Å². The van der Waals surface area contributed by atoms with E-state index in [4.69, 9.17) is 4.98 Å². The van der Waals surface area contributed by atoms with Crippen LogP contribution in [0.4, 0.5) is 5.82 Å². The number of anilines is 1. The Kier molecular flexibility index (Phi) is 4.54. The van der Waals surface area contributed by atoms with Crippen LogP contribution in [0.25, 0.3) is 0 Å². The molecule has 0 spiro atoms. The zero-order chi connectivity index (χ0) is 14.7. The van der Waals surface area contributed by atoms with Gasteiger partial charge in [-0.25, -0.2) is 9.97 Å². The number of benzene rings is 1. The zero-order valence-corrected chi connectivity index (χ0v) is 13.9. The molecule has 1 aliphatic carbocycles. The summed E-state index contributed by atoms with van der Waals surface area (Å²) in [6.45, 7) is 0. The minimum atomic E-state index is 0.612. The van der Waals surface area contributed by atoms with Crippen molar-refractivity contribution in [2.24, 2.45) is 0 Å². The van der Waals surface area contributed by atoms with Crippen LogP contribution in [0.3, 0.4) is 0 Å². The van der Waals surface area contributed by atoms with Crippen molar-refractivity contribution in [1.29, 1.82) is 0 Å². The van der Waals surface area contributed by atoms with Gasteiger partial charge in [0, 0.05) is 35.6 Å². The van der Waals surface area contributed by atoms with Crippen LogP contribution in [-0.4, -0.2) is 17.0 Å². The van der Waals surface area contributed by atoms with Crippen LogP contribution in [0.5, 0.6) is 0 Å². The maximum Gasteiger partial charge on any atom is 0.135 e. The lowest BCUT2D eigenvalue weighted by Crippen LogP contribution is -2.06. The van der Waals surface area contributed by atoms with Gasteiger partial charge in [-0.2, -0.15) is 0 Å². The monoisotopic (exact) mass is 345 g/mol. The van der Waals surface area contributed by atoms with Gasteiger partial charge in [0.05, 0.1) is 0 Å². The second kappa shape index (κ2) is 6.56. The Morgan fingerprint density at radius 3 is 2.71 bits per heavy atom. The molecule has 1 heterocycles. The summed E-state index contributed by atoms with van der Waals surface area (Å²) in [5, 5.41) is 3.17. The SMILES string of the molecule is CNc1cc(C2CCCC2)nc(Cc2cccc(Br)c2)n1. The van der Waals surface area contributed by atoms with Crippen LogP contribution in [-0.2, 0) is 6.42 Å². The predicted octanol–water partition coefficient (Wildman–Crippen LogP) is 4.53. The van der Waals surface area contributed by atoms with E-state index in [1.807, 2.05) is 13.1 Å². The highest BCUT2D eigenvalue weighted by Crippen LogP contribution is 2.33. The molecular formula is C17H20BrN3. The van der Waals surface area contributed by atoms with E-state index in [9.17, 15) is 0 Å². The number of nitrogens with zero attached hydrogens (tertiary/aromatic N) is 2. The Hall–Kier alpha value is -1.42. The number of hydrogen-bond donors (Lipinski definition) is 1. The van der Waals surface area contributed by atoms with Crippen molar-refractivity contribution in [2.75, 3.05) is 12.4 Å². The molecule has 3 nitrogen and oxygen atoms in total. The van der Waals surface area contributed by atoms with E-state index in [-0.39, 0.29) is 0 Å². The Morgan fingerprint density at radius 2 is 2.00 bits per heavy atom. The van der Waals surface area contributed by atoms with Crippen LogP contribution >= 0.6 is 15.9 Å². The summed E-state index contributed by atoms with van der Waals surface area (Å²) in [5.74, 6) is 2.44. The molecule has 0 saturated heterocycles. The Bertz CT molecular complexity index is 621. The number of rotatable bonds is 4. The summed E-state index contributed by atoms with van der Waals surface area (Å²) in [7, 11) is 1.92. The molecule has 21 heavy (non-hydrogen) atoms. The van der Waals surface area contributed by atoms with Gasteiger partial charge in [0.2, 0.25) is 0 Å². The number of halogens is 1. The molecule has 1 saturated carbocycles. The highest BCUT2D eigenvalue weighted by atomic mass is 79.9. The fourth-order valence-corrected chi connectivity index (χ4v) is 3.43.